The molecule has 0 bridgehead atoms. The highest BCUT2D eigenvalue weighted by Crippen LogP contribution is 2.29. The highest BCUT2D eigenvalue weighted by molar-refractivity contribution is 7.89. The van der Waals surface area contributed by atoms with Crippen molar-refractivity contribution in [3.05, 3.63) is 11.4 Å². The molecule has 5 nitrogen and oxygen atoms in total. The Kier molecular flexibility index (Phi) is 5.86. The van der Waals surface area contributed by atoms with Gasteiger partial charge in [-0.15, -0.1) is 11.6 Å². The number of aryl methyl sites for hydroxylation is 2. The Labute approximate surface area is 133 Å². The zero-order valence-corrected chi connectivity index (χ0v) is 15.3. The van der Waals surface area contributed by atoms with Crippen LogP contribution in [0.3, 0.4) is 0 Å². The molecule has 0 fully saturated rings. The van der Waals surface area contributed by atoms with Gasteiger partial charge in [0.1, 0.15) is 4.90 Å². The monoisotopic (exact) mass is 335 g/mol. The van der Waals surface area contributed by atoms with E-state index in [0.29, 0.717) is 28.7 Å². The first-order valence-electron chi connectivity index (χ1n) is 7.18. The van der Waals surface area contributed by atoms with Crippen molar-refractivity contribution in [1.29, 1.82) is 0 Å². The topological polar surface area (TPSA) is 55.2 Å². The van der Waals surface area contributed by atoms with Gasteiger partial charge in [0, 0.05) is 25.0 Å². The van der Waals surface area contributed by atoms with Crippen LogP contribution in [0.5, 0.6) is 0 Å². The van der Waals surface area contributed by atoms with Crippen molar-refractivity contribution < 1.29 is 8.42 Å². The Morgan fingerprint density at radius 3 is 2.38 bits per heavy atom. The van der Waals surface area contributed by atoms with Crippen LogP contribution in [0.4, 0.5) is 0 Å². The average molecular weight is 336 g/mol. The summed E-state index contributed by atoms with van der Waals surface area (Å²) in [5.41, 5.74) is 0.785. The minimum atomic E-state index is -3.56. The first kappa shape index (κ1) is 18.5. The molecule has 122 valence electrons. The normalized spacial score (nSPS) is 13.1. The molecule has 1 heterocycles. The predicted octanol–water partition coefficient (Wildman–Crippen LogP) is 2.94. The van der Waals surface area contributed by atoms with Crippen LogP contribution < -0.4 is 0 Å². The summed E-state index contributed by atoms with van der Waals surface area (Å²) in [4.78, 5) is 0.320. The van der Waals surface area contributed by atoms with E-state index in [-0.39, 0.29) is 0 Å². The third kappa shape index (κ3) is 3.60. The number of halogens is 1. The fourth-order valence-electron chi connectivity index (χ4n) is 2.17. The maximum atomic E-state index is 12.9. The second-order valence-corrected chi connectivity index (χ2v) is 8.19. The van der Waals surface area contributed by atoms with E-state index in [1.165, 1.54) is 4.31 Å². The van der Waals surface area contributed by atoms with Gasteiger partial charge in [-0.3, -0.25) is 4.68 Å². The second kappa shape index (κ2) is 6.67. The SMILES string of the molecule is CCC(C)(C)N(C)S(=O)(=O)c1c(C)nn(CCCCl)c1C. The molecule has 0 aromatic carbocycles. The largest absolute Gasteiger partial charge is 0.268 e. The van der Waals surface area contributed by atoms with Gasteiger partial charge in [-0.2, -0.15) is 9.40 Å². The molecule has 0 saturated carbocycles. The van der Waals surface area contributed by atoms with Crippen LogP contribution in [0.15, 0.2) is 4.90 Å². The molecule has 0 aliphatic rings. The lowest BCUT2D eigenvalue weighted by atomic mass is 10.0. The maximum Gasteiger partial charge on any atom is 0.246 e. The summed E-state index contributed by atoms with van der Waals surface area (Å²) in [6.07, 6.45) is 1.50. The Morgan fingerprint density at radius 1 is 1.33 bits per heavy atom. The van der Waals surface area contributed by atoms with E-state index in [0.717, 1.165) is 12.8 Å². The Balaban J connectivity index is 3.30. The molecule has 0 aliphatic heterocycles. The number of hydrogen-bond donors (Lipinski definition) is 0. The summed E-state index contributed by atoms with van der Waals surface area (Å²) in [5, 5.41) is 4.36. The molecule has 0 amide bonds. The van der Waals surface area contributed by atoms with Crippen molar-refractivity contribution in [1.82, 2.24) is 14.1 Å². The Bertz CT molecular complexity index is 594. The quantitative estimate of drug-likeness (QED) is 0.720. The van der Waals surface area contributed by atoms with E-state index in [2.05, 4.69) is 5.10 Å². The van der Waals surface area contributed by atoms with Gasteiger partial charge in [0.25, 0.3) is 0 Å². The molecule has 7 heteroatoms. The van der Waals surface area contributed by atoms with Crippen LogP contribution in [0, 0.1) is 13.8 Å². The van der Waals surface area contributed by atoms with Gasteiger partial charge in [-0.25, -0.2) is 8.42 Å². The molecule has 0 radical (unpaired) electrons. The lowest BCUT2D eigenvalue weighted by Gasteiger charge is -2.33. The van der Waals surface area contributed by atoms with E-state index < -0.39 is 15.6 Å². The molecule has 21 heavy (non-hydrogen) atoms. The zero-order valence-electron chi connectivity index (χ0n) is 13.8. The highest BCUT2D eigenvalue weighted by Gasteiger charge is 2.36. The van der Waals surface area contributed by atoms with Crippen molar-refractivity contribution >= 4 is 21.6 Å². The third-order valence-corrected chi connectivity index (χ3v) is 6.74. The summed E-state index contributed by atoms with van der Waals surface area (Å²) in [7, 11) is -1.92. The molecule has 0 N–H and O–H groups in total. The summed E-state index contributed by atoms with van der Waals surface area (Å²) in [5.74, 6) is 0.531. The maximum absolute atomic E-state index is 12.9. The number of sulfonamides is 1. The van der Waals surface area contributed by atoms with Gasteiger partial charge in [0.05, 0.1) is 11.4 Å². The average Bonchev–Trinajstić information content (AvgIpc) is 2.70. The predicted molar refractivity (Wildman–Crippen MR) is 86.4 cm³/mol. The van der Waals surface area contributed by atoms with Crippen molar-refractivity contribution in [3.8, 4) is 0 Å². The minimum Gasteiger partial charge on any atom is -0.268 e. The molecular formula is C14H26ClN3O2S. The summed E-state index contributed by atoms with van der Waals surface area (Å²) in [6, 6.07) is 0. The summed E-state index contributed by atoms with van der Waals surface area (Å²) >= 11 is 5.70. The summed E-state index contributed by atoms with van der Waals surface area (Å²) in [6.45, 7) is 10.0. The number of nitrogens with zero attached hydrogens (tertiary/aromatic N) is 3. The fourth-order valence-corrected chi connectivity index (χ4v) is 4.23. The lowest BCUT2D eigenvalue weighted by molar-refractivity contribution is 0.257. The van der Waals surface area contributed by atoms with E-state index >= 15 is 0 Å². The molecule has 0 aliphatic carbocycles. The van der Waals surface area contributed by atoms with Crippen LogP contribution in [0.2, 0.25) is 0 Å². The molecule has 1 aromatic heterocycles. The van der Waals surface area contributed by atoms with Crippen molar-refractivity contribution in [3.63, 3.8) is 0 Å². The van der Waals surface area contributed by atoms with Crippen molar-refractivity contribution in [2.24, 2.45) is 0 Å². The van der Waals surface area contributed by atoms with Crippen LogP contribution in [-0.2, 0) is 16.6 Å². The van der Waals surface area contributed by atoms with E-state index in [1.807, 2.05) is 20.8 Å². The minimum absolute atomic E-state index is 0.320. The van der Waals surface area contributed by atoms with Crippen LogP contribution in [0.25, 0.3) is 0 Å². The fraction of sp³-hybridized carbons (Fsp3) is 0.786. The number of alkyl halides is 1. The molecule has 0 atom stereocenters. The van der Waals surface area contributed by atoms with E-state index in [1.54, 1.807) is 25.6 Å². The molecule has 1 rings (SSSR count). The smallest absolute Gasteiger partial charge is 0.246 e. The van der Waals surface area contributed by atoms with Crippen molar-refractivity contribution in [2.45, 2.75) is 64.4 Å². The van der Waals surface area contributed by atoms with Gasteiger partial charge < -0.3 is 0 Å². The van der Waals surface area contributed by atoms with Gasteiger partial charge in [-0.05, 0) is 40.5 Å². The van der Waals surface area contributed by atoms with Gasteiger partial charge >= 0.3 is 0 Å². The second-order valence-electron chi connectivity index (χ2n) is 5.90. The van der Waals surface area contributed by atoms with Crippen molar-refractivity contribution in [2.75, 3.05) is 12.9 Å². The number of aromatic nitrogens is 2. The van der Waals surface area contributed by atoms with Crippen LogP contribution in [-0.4, -0.2) is 41.0 Å². The first-order valence-corrected chi connectivity index (χ1v) is 9.16. The Hall–Kier alpha value is -0.590. The van der Waals surface area contributed by atoms with Gasteiger partial charge in [0.2, 0.25) is 10.0 Å². The number of hydrogen-bond acceptors (Lipinski definition) is 3. The molecule has 0 saturated heterocycles. The standard InChI is InChI=1S/C14H26ClN3O2S/c1-7-14(4,5)17(6)21(19,20)13-11(2)16-18(12(13)3)10-8-9-15/h7-10H2,1-6H3. The first-order chi connectivity index (χ1) is 9.59. The zero-order chi connectivity index (χ0) is 16.4. The molecule has 1 aromatic rings. The van der Waals surface area contributed by atoms with E-state index in [4.69, 9.17) is 11.6 Å². The molecule has 0 unspecified atom stereocenters. The van der Waals surface area contributed by atoms with Gasteiger partial charge in [-0.1, -0.05) is 6.92 Å². The summed E-state index contributed by atoms with van der Waals surface area (Å²) < 4.78 is 29.0. The van der Waals surface area contributed by atoms with Gasteiger partial charge in [0.15, 0.2) is 0 Å². The molecular weight excluding hydrogens is 310 g/mol. The molecule has 0 spiro atoms. The lowest BCUT2D eigenvalue weighted by Crippen LogP contribution is -2.44. The van der Waals surface area contributed by atoms with Crippen LogP contribution >= 0.6 is 11.6 Å². The van der Waals surface area contributed by atoms with Crippen LogP contribution in [0.1, 0.15) is 45.0 Å². The van der Waals surface area contributed by atoms with E-state index in [9.17, 15) is 8.42 Å². The third-order valence-electron chi connectivity index (χ3n) is 4.15. The highest BCUT2D eigenvalue weighted by atomic mass is 35.5. The number of rotatable bonds is 7. The Morgan fingerprint density at radius 2 is 1.90 bits per heavy atom.